The Kier molecular flexibility index (Phi) is 5.77. The molecule has 1 saturated heterocycles. The molecular weight excluding hydrogens is 458 g/mol. The van der Waals surface area contributed by atoms with E-state index in [1.807, 2.05) is 0 Å². The van der Waals surface area contributed by atoms with Gasteiger partial charge in [0.2, 0.25) is 0 Å². The van der Waals surface area contributed by atoms with Crippen molar-refractivity contribution in [3.8, 4) is 0 Å². The number of H-pyrrole nitrogens is 1. The van der Waals surface area contributed by atoms with E-state index in [0.717, 1.165) is 0 Å². The summed E-state index contributed by atoms with van der Waals surface area (Å²) >= 11 is 0. The molecule has 0 spiro atoms. The second kappa shape index (κ2) is 7.25. The Morgan fingerprint density at radius 3 is 2.87 bits per heavy atom. The summed E-state index contributed by atoms with van der Waals surface area (Å²) in [7, 11) is 0. The van der Waals surface area contributed by atoms with Gasteiger partial charge in [0.25, 0.3) is 5.56 Å². The Labute approximate surface area is 160 Å². The molecule has 0 bridgehead atoms. The zero-order valence-corrected chi connectivity index (χ0v) is 14.1. The first-order chi connectivity index (χ1) is 10.5. The van der Waals surface area contributed by atoms with E-state index < -0.39 is 30.3 Å². The van der Waals surface area contributed by atoms with Crippen molar-refractivity contribution in [2.24, 2.45) is 0 Å². The van der Waals surface area contributed by atoms with Crippen molar-refractivity contribution in [2.45, 2.75) is 38.4 Å². The summed E-state index contributed by atoms with van der Waals surface area (Å²) in [4.78, 5) is 25.5. The van der Waals surface area contributed by atoms with Crippen LogP contribution in [0.15, 0.2) is 22.0 Å². The summed E-state index contributed by atoms with van der Waals surface area (Å²) in [6.45, 7) is 4.79. The maximum atomic E-state index is 12.6. The Morgan fingerprint density at radius 2 is 2.22 bits per heavy atom. The number of nitrogens with zero attached hydrogens (tertiary/aromatic N) is 4. The number of aromatic nitrogens is 5. The summed E-state index contributed by atoms with van der Waals surface area (Å²) in [5.41, 5.74) is -0.331. The van der Waals surface area contributed by atoms with Crippen LogP contribution >= 0.6 is 0 Å². The van der Waals surface area contributed by atoms with Gasteiger partial charge in [-0.15, -0.1) is 5.10 Å². The summed E-state index contributed by atoms with van der Waals surface area (Å²) in [5.74, 6) is 0. The molecule has 10 heteroatoms. The number of hydrogen-bond donors (Lipinski definition) is 1. The molecule has 0 saturated carbocycles. The summed E-state index contributed by atoms with van der Waals surface area (Å²) in [5, 5.41) is 7.56. The third kappa shape index (κ3) is 3.57. The normalized spacial score (nSPS) is 23.7. The van der Waals surface area contributed by atoms with Gasteiger partial charge in [-0.2, -0.15) is 0 Å². The van der Waals surface area contributed by atoms with E-state index >= 15 is 0 Å². The average Bonchev–Trinajstić information content (AvgIpc) is 3.09. The van der Waals surface area contributed by atoms with Gasteiger partial charge in [0.15, 0.2) is 0 Å². The minimum atomic E-state index is -0.697. The molecule has 129 valence electrons. The zero-order chi connectivity index (χ0) is 15.9. The third-order valence-corrected chi connectivity index (χ3v) is 3.69. The van der Waals surface area contributed by atoms with Crippen molar-refractivity contribution in [3.05, 3.63) is 51.4 Å². The van der Waals surface area contributed by atoms with E-state index in [1.165, 1.54) is 21.6 Å². The van der Waals surface area contributed by atoms with Gasteiger partial charge in [0.05, 0.1) is 12.2 Å². The predicted molar refractivity (Wildman–Crippen MR) is 73.8 cm³/mol. The smallest absolute Gasteiger partial charge is 0.330 e. The fourth-order valence-electron chi connectivity index (χ4n) is 2.50. The first-order valence-corrected chi connectivity index (χ1v) is 6.77. The van der Waals surface area contributed by atoms with Crippen LogP contribution < -0.4 is 11.2 Å². The fourth-order valence-corrected chi connectivity index (χ4v) is 2.50. The molecule has 1 fully saturated rings. The topological polar surface area (TPSA) is 94.8 Å². The van der Waals surface area contributed by atoms with Crippen LogP contribution in [0.4, 0.5) is 4.39 Å². The molecule has 8 nitrogen and oxygen atoms in total. The SMILES string of the molecule is [CH2-][C@H]1O[C@@H](n2cc(C)c(=O)[nH]c2=O)C[C@@H]1n1cc(CF)nn1.[Ho]. The Hall–Kier alpha value is -1.03. The van der Waals surface area contributed by atoms with Crippen molar-refractivity contribution in [1.29, 1.82) is 0 Å². The molecule has 1 N–H and O–H groups in total. The van der Waals surface area contributed by atoms with E-state index in [0.29, 0.717) is 12.0 Å². The maximum Gasteiger partial charge on any atom is 0.330 e. The Bertz CT molecular complexity index is 801. The van der Waals surface area contributed by atoms with Crippen molar-refractivity contribution < 1.29 is 46.9 Å². The zero-order valence-electron chi connectivity index (χ0n) is 12.2. The summed E-state index contributed by atoms with van der Waals surface area (Å²) in [6.07, 6.45) is 2.31. The Balaban J connectivity index is 0.00000192. The molecule has 1 radical (unpaired) electrons. The molecule has 0 amide bonds. The molecule has 3 rings (SSSR count). The van der Waals surface area contributed by atoms with Gasteiger partial charge in [-0.1, -0.05) is 5.21 Å². The maximum absolute atomic E-state index is 12.6. The van der Waals surface area contributed by atoms with Crippen LogP contribution in [0.2, 0.25) is 0 Å². The van der Waals surface area contributed by atoms with Crippen molar-refractivity contribution >= 4 is 0 Å². The van der Waals surface area contributed by atoms with Gasteiger partial charge < -0.3 is 11.7 Å². The van der Waals surface area contributed by atoms with Gasteiger partial charge in [0.1, 0.15) is 18.6 Å². The van der Waals surface area contributed by atoms with E-state index in [2.05, 4.69) is 22.2 Å². The minimum absolute atomic E-state index is 0. The molecule has 3 heterocycles. The number of aryl methyl sites for hydroxylation is 1. The number of rotatable bonds is 3. The number of halogens is 1. The summed E-state index contributed by atoms with van der Waals surface area (Å²) < 4.78 is 21.1. The van der Waals surface area contributed by atoms with Crippen molar-refractivity contribution in [3.63, 3.8) is 0 Å². The predicted octanol–water partition coefficient (Wildman–Crippen LogP) is 0.269. The Morgan fingerprint density at radius 1 is 1.48 bits per heavy atom. The molecule has 2 aromatic rings. The molecule has 0 aromatic carbocycles. The number of hydrogen-bond acceptors (Lipinski definition) is 5. The van der Waals surface area contributed by atoms with Crippen LogP contribution in [0.5, 0.6) is 0 Å². The monoisotopic (exact) mass is 473 g/mol. The molecule has 2 aromatic heterocycles. The second-order valence-electron chi connectivity index (χ2n) is 5.23. The number of alkyl halides is 1. The van der Waals surface area contributed by atoms with Gasteiger partial charge >= 0.3 is 5.69 Å². The van der Waals surface area contributed by atoms with Gasteiger partial charge in [-0.3, -0.25) is 14.3 Å². The molecule has 1 aliphatic heterocycles. The van der Waals surface area contributed by atoms with Crippen LogP contribution in [0.25, 0.3) is 0 Å². The van der Waals surface area contributed by atoms with Crippen molar-refractivity contribution in [2.75, 3.05) is 0 Å². The first-order valence-electron chi connectivity index (χ1n) is 6.77. The quantitative estimate of drug-likeness (QED) is 0.511. The van der Waals surface area contributed by atoms with Gasteiger partial charge in [0, 0.05) is 55.9 Å². The van der Waals surface area contributed by atoms with E-state index in [9.17, 15) is 14.0 Å². The fraction of sp³-hybridized carbons (Fsp3) is 0.462. The molecule has 1 aliphatic rings. The van der Waals surface area contributed by atoms with E-state index in [1.54, 1.807) is 6.92 Å². The molecule has 3 atom stereocenters. The number of nitrogens with one attached hydrogen (secondary N) is 1. The van der Waals surface area contributed by atoms with Crippen LogP contribution in [-0.4, -0.2) is 30.6 Å². The van der Waals surface area contributed by atoms with Crippen LogP contribution in [-0.2, 0) is 11.4 Å². The molecule has 23 heavy (non-hydrogen) atoms. The van der Waals surface area contributed by atoms with Gasteiger partial charge in [-0.25, -0.2) is 13.9 Å². The minimum Gasteiger partial charge on any atom is -0.384 e. The van der Waals surface area contributed by atoms with Gasteiger partial charge in [-0.05, 0) is 13.0 Å². The standard InChI is InChI=1S/C13H15FN5O3.Ho/c1-7-5-18(13(21)15-12(7)20)11-3-10(8(2)22-11)19-6-9(4-14)16-17-19;/h5-6,8,10-11H,2-4H2,1H3,(H,15,20,21);/q-1;/t8-,10+,11-;/m1./s1. The van der Waals surface area contributed by atoms with Crippen LogP contribution in [0, 0.1) is 51.6 Å². The molecule has 0 aliphatic carbocycles. The molecular formula is C13H15FHoN5O3-. The first kappa shape index (κ1) is 18.3. The average molecular weight is 473 g/mol. The largest absolute Gasteiger partial charge is 0.384 e. The van der Waals surface area contributed by atoms with Crippen LogP contribution in [0.3, 0.4) is 0 Å². The molecule has 0 unspecified atom stereocenters. The summed E-state index contributed by atoms with van der Waals surface area (Å²) in [6, 6.07) is -0.267. The second-order valence-corrected chi connectivity index (χ2v) is 5.23. The van der Waals surface area contributed by atoms with Crippen LogP contribution in [0.1, 0.15) is 29.9 Å². The third-order valence-electron chi connectivity index (χ3n) is 3.69. The van der Waals surface area contributed by atoms with E-state index in [4.69, 9.17) is 4.74 Å². The number of aromatic amines is 1. The van der Waals surface area contributed by atoms with Crippen molar-refractivity contribution in [1.82, 2.24) is 24.5 Å². The van der Waals surface area contributed by atoms with E-state index in [-0.39, 0.29) is 49.5 Å². The number of ether oxygens (including phenoxy) is 1.